The molecule has 0 spiro atoms. The van der Waals surface area contributed by atoms with Gasteiger partial charge >= 0.3 is 0 Å². The van der Waals surface area contributed by atoms with Crippen LogP contribution in [0.4, 0.5) is 8.78 Å². The van der Waals surface area contributed by atoms with Crippen LogP contribution in [0.1, 0.15) is 12.8 Å². The van der Waals surface area contributed by atoms with E-state index in [0.29, 0.717) is 0 Å². The van der Waals surface area contributed by atoms with Crippen LogP contribution in [0.3, 0.4) is 0 Å². The monoisotopic (exact) mass is 184 g/mol. The lowest BCUT2D eigenvalue weighted by molar-refractivity contribution is -0.103. The summed E-state index contributed by atoms with van der Waals surface area (Å²) < 4.78 is 23.9. The van der Waals surface area contributed by atoms with Crippen LogP contribution in [0, 0.1) is 5.92 Å². The summed E-state index contributed by atoms with van der Waals surface area (Å²) in [5, 5.41) is 0.725. The quantitative estimate of drug-likeness (QED) is 0.550. The SMILES string of the molecule is FC1(F)CC(CBr)C1. The molecule has 0 heterocycles. The summed E-state index contributed by atoms with van der Waals surface area (Å²) in [7, 11) is 0. The molecule has 1 aliphatic carbocycles. The van der Waals surface area contributed by atoms with Gasteiger partial charge in [-0.2, -0.15) is 0 Å². The predicted molar refractivity (Wildman–Crippen MR) is 31.5 cm³/mol. The molecule has 1 fully saturated rings. The Morgan fingerprint density at radius 2 is 2.00 bits per heavy atom. The Morgan fingerprint density at radius 1 is 1.50 bits per heavy atom. The molecule has 0 unspecified atom stereocenters. The van der Waals surface area contributed by atoms with E-state index in [1.807, 2.05) is 0 Å². The third kappa shape index (κ3) is 1.19. The van der Waals surface area contributed by atoms with Gasteiger partial charge in [-0.25, -0.2) is 8.78 Å². The van der Waals surface area contributed by atoms with Crippen molar-refractivity contribution in [1.29, 1.82) is 0 Å². The van der Waals surface area contributed by atoms with Crippen LogP contribution in [0.15, 0.2) is 0 Å². The molecule has 8 heavy (non-hydrogen) atoms. The van der Waals surface area contributed by atoms with Crippen molar-refractivity contribution >= 4 is 15.9 Å². The zero-order chi connectivity index (χ0) is 6.20. The van der Waals surface area contributed by atoms with Crippen molar-refractivity contribution in [3.05, 3.63) is 0 Å². The maximum absolute atomic E-state index is 12.0. The van der Waals surface area contributed by atoms with Crippen molar-refractivity contribution in [2.45, 2.75) is 18.8 Å². The summed E-state index contributed by atoms with van der Waals surface area (Å²) in [5.41, 5.74) is 0. The molecule has 0 nitrogen and oxygen atoms in total. The molecule has 0 atom stereocenters. The number of hydrogen-bond donors (Lipinski definition) is 0. The normalized spacial score (nSPS) is 27.4. The summed E-state index contributed by atoms with van der Waals surface area (Å²) in [4.78, 5) is 0. The maximum Gasteiger partial charge on any atom is 0.248 e. The van der Waals surface area contributed by atoms with E-state index in [4.69, 9.17) is 0 Å². The van der Waals surface area contributed by atoms with Gasteiger partial charge in [0, 0.05) is 18.2 Å². The summed E-state index contributed by atoms with van der Waals surface area (Å²) >= 11 is 3.14. The van der Waals surface area contributed by atoms with Crippen molar-refractivity contribution in [2.24, 2.45) is 5.92 Å². The molecule has 0 aromatic rings. The van der Waals surface area contributed by atoms with Gasteiger partial charge < -0.3 is 0 Å². The van der Waals surface area contributed by atoms with Gasteiger partial charge in [0.1, 0.15) is 0 Å². The van der Waals surface area contributed by atoms with Crippen LogP contribution in [-0.2, 0) is 0 Å². The molecule has 48 valence electrons. The lowest BCUT2D eigenvalue weighted by Crippen LogP contribution is -2.35. The van der Waals surface area contributed by atoms with E-state index < -0.39 is 5.92 Å². The molecule has 0 saturated heterocycles. The van der Waals surface area contributed by atoms with Crippen LogP contribution in [0.2, 0.25) is 0 Å². The number of hydrogen-bond acceptors (Lipinski definition) is 0. The second kappa shape index (κ2) is 1.94. The first kappa shape index (κ1) is 6.46. The zero-order valence-corrected chi connectivity index (χ0v) is 5.92. The Hall–Kier alpha value is 0.340. The minimum Gasteiger partial charge on any atom is -0.207 e. The molecule has 0 aliphatic heterocycles. The third-order valence-electron chi connectivity index (χ3n) is 1.39. The lowest BCUT2D eigenvalue weighted by Gasteiger charge is -2.33. The average Bonchev–Trinajstić information content (AvgIpc) is 1.60. The Labute approximate surface area is 55.4 Å². The fourth-order valence-electron chi connectivity index (χ4n) is 0.894. The van der Waals surface area contributed by atoms with Crippen LogP contribution in [0.5, 0.6) is 0 Å². The van der Waals surface area contributed by atoms with Gasteiger partial charge in [0.05, 0.1) is 0 Å². The summed E-state index contributed by atoms with van der Waals surface area (Å²) in [6, 6.07) is 0. The van der Waals surface area contributed by atoms with Gasteiger partial charge in [-0.15, -0.1) is 0 Å². The standard InChI is InChI=1S/C5H7BrF2/c6-3-4-1-5(7,8)2-4/h4H,1-3H2. The highest BCUT2D eigenvalue weighted by atomic mass is 79.9. The smallest absolute Gasteiger partial charge is 0.207 e. The van der Waals surface area contributed by atoms with E-state index in [-0.39, 0.29) is 18.8 Å². The maximum atomic E-state index is 12.0. The molecule has 0 aromatic carbocycles. The highest BCUT2D eigenvalue weighted by Crippen LogP contribution is 2.42. The number of rotatable bonds is 1. The fraction of sp³-hybridized carbons (Fsp3) is 1.00. The number of halogens is 3. The lowest BCUT2D eigenvalue weighted by atomic mass is 9.83. The number of alkyl halides is 3. The van der Waals surface area contributed by atoms with E-state index in [1.165, 1.54) is 0 Å². The van der Waals surface area contributed by atoms with Gasteiger partial charge in [0.2, 0.25) is 5.92 Å². The third-order valence-corrected chi connectivity index (χ3v) is 2.31. The average molecular weight is 185 g/mol. The molecule has 3 heteroatoms. The molecule has 1 rings (SSSR count). The molecular weight excluding hydrogens is 178 g/mol. The Morgan fingerprint density at radius 3 is 2.12 bits per heavy atom. The van der Waals surface area contributed by atoms with Gasteiger partial charge in [-0.3, -0.25) is 0 Å². The van der Waals surface area contributed by atoms with Crippen molar-refractivity contribution in [2.75, 3.05) is 5.33 Å². The molecule has 0 amide bonds. The second-order valence-electron chi connectivity index (χ2n) is 2.28. The highest BCUT2D eigenvalue weighted by Gasteiger charge is 2.44. The van der Waals surface area contributed by atoms with E-state index in [1.54, 1.807) is 0 Å². The van der Waals surface area contributed by atoms with Crippen molar-refractivity contribution < 1.29 is 8.78 Å². The van der Waals surface area contributed by atoms with E-state index in [9.17, 15) is 8.78 Å². The molecular formula is C5H7BrF2. The van der Waals surface area contributed by atoms with E-state index in [0.717, 1.165) is 5.33 Å². The van der Waals surface area contributed by atoms with Gasteiger partial charge in [-0.1, -0.05) is 15.9 Å². The largest absolute Gasteiger partial charge is 0.248 e. The van der Waals surface area contributed by atoms with Crippen molar-refractivity contribution in [3.8, 4) is 0 Å². The minimum atomic E-state index is -2.33. The molecule has 0 aromatic heterocycles. The molecule has 1 saturated carbocycles. The fourth-order valence-corrected chi connectivity index (χ4v) is 1.35. The first-order valence-electron chi connectivity index (χ1n) is 2.58. The first-order valence-corrected chi connectivity index (χ1v) is 3.70. The zero-order valence-electron chi connectivity index (χ0n) is 4.33. The van der Waals surface area contributed by atoms with Crippen LogP contribution >= 0.6 is 15.9 Å². The summed E-state index contributed by atoms with van der Waals surface area (Å²) in [5.74, 6) is -2.11. The molecule has 0 N–H and O–H groups in total. The van der Waals surface area contributed by atoms with Crippen LogP contribution in [-0.4, -0.2) is 11.3 Å². The molecule has 0 bridgehead atoms. The van der Waals surface area contributed by atoms with Crippen LogP contribution < -0.4 is 0 Å². The molecule has 0 radical (unpaired) electrons. The Bertz CT molecular complexity index is 84.4. The van der Waals surface area contributed by atoms with Gasteiger partial charge in [-0.05, 0) is 5.92 Å². The summed E-state index contributed by atoms with van der Waals surface area (Å²) in [6.07, 6.45) is 0.163. The van der Waals surface area contributed by atoms with Gasteiger partial charge in [0.15, 0.2) is 0 Å². The summed E-state index contributed by atoms with van der Waals surface area (Å²) in [6.45, 7) is 0. The second-order valence-corrected chi connectivity index (χ2v) is 2.93. The first-order chi connectivity index (χ1) is 3.64. The predicted octanol–water partition coefficient (Wildman–Crippen LogP) is 2.43. The van der Waals surface area contributed by atoms with Crippen molar-refractivity contribution in [3.63, 3.8) is 0 Å². The van der Waals surface area contributed by atoms with Crippen LogP contribution in [0.25, 0.3) is 0 Å². The van der Waals surface area contributed by atoms with Gasteiger partial charge in [0.25, 0.3) is 0 Å². The topological polar surface area (TPSA) is 0 Å². The highest BCUT2D eigenvalue weighted by molar-refractivity contribution is 9.09. The minimum absolute atomic E-state index is 0.0816. The van der Waals surface area contributed by atoms with Crippen molar-refractivity contribution in [1.82, 2.24) is 0 Å². The Balaban J connectivity index is 2.21. The van der Waals surface area contributed by atoms with E-state index >= 15 is 0 Å². The van der Waals surface area contributed by atoms with E-state index in [2.05, 4.69) is 15.9 Å². The Kier molecular flexibility index (Phi) is 1.56. The molecule has 1 aliphatic rings.